The average Bonchev–Trinajstić information content (AvgIpc) is 3.57. The van der Waals surface area contributed by atoms with E-state index in [1.807, 2.05) is 34.6 Å². The van der Waals surface area contributed by atoms with Crippen molar-refractivity contribution < 1.29 is 65.2 Å². The standard InChI is InChI=1S/C34H33N3O14S3/c1-14-33(3,4)20-11-18-24(16-7-9-17(10-8-16)32(40)49-37-23(38)13-22(31(37)39)52-51-50-41)19-12-21-26(36-15(2)34(21,5)6)30(54(45,46)47)28(19)48-27(18)29(25(20)35-14)53(42,43)44/h7-15,35,38-39,41H,1-6H3,(H,42,43,44)(H,45,46,47). The molecule has 0 bridgehead atoms. The number of benzene rings is 3. The number of ether oxygens (including phenoxy) is 1. The third-order valence-corrected chi connectivity index (χ3v) is 12.9. The first-order valence-corrected chi connectivity index (χ1v) is 19.7. The minimum Gasteiger partial charge on any atom is -0.492 e. The lowest BCUT2D eigenvalue weighted by Gasteiger charge is -2.29. The highest BCUT2D eigenvalue weighted by molar-refractivity contribution is 7.94. The van der Waals surface area contributed by atoms with Gasteiger partial charge in [-0.25, -0.2) is 10.1 Å². The molecule has 0 aliphatic carbocycles. The number of nitrogens with one attached hydrogen (secondary N) is 1. The predicted molar refractivity (Wildman–Crippen MR) is 189 cm³/mol. The van der Waals surface area contributed by atoms with Crippen molar-refractivity contribution in [3.8, 4) is 23.3 Å². The molecule has 0 amide bonds. The van der Waals surface area contributed by atoms with E-state index in [4.69, 9.17) is 14.8 Å². The summed E-state index contributed by atoms with van der Waals surface area (Å²) in [6.07, 6.45) is 0. The number of hydrogen-bond donors (Lipinski definition) is 6. The molecule has 20 heteroatoms. The molecule has 0 spiro atoms. The summed E-state index contributed by atoms with van der Waals surface area (Å²) < 4.78 is 85.2. The van der Waals surface area contributed by atoms with Crippen LogP contribution >= 0.6 is 12.0 Å². The Balaban J connectivity index is 1.50. The topological polar surface area (TPSA) is 253 Å². The minimum absolute atomic E-state index is 0.0504. The summed E-state index contributed by atoms with van der Waals surface area (Å²) in [5.41, 5.74) is 0.290. The zero-order valence-electron chi connectivity index (χ0n) is 29.2. The number of fused-ring (bicyclic) bond motifs is 4. The largest absolute Gasteiger partial charge is 0.492 e. The fraction of sp³-hybridized carbons (Fsp3) is 0.294. The lowest BCUT2D eigenvalue weighted by molar-refractivity contribution is -0.432. The molecular formula is C34H33N3O14S3. The van der Waals surface area contributed by atoms with Crippen LogP contribution in [0.15, 0.2) is 62.1 Å². The molecule has 17 nitrogen and oxygen atoms in total. The fourth-order valence-corrected chi connectivity index (χ4v) is 8.95. The summed E-state index contributed by atoms with van der Waals surface area (Å²) in [4.78, 5) is 21.4. The summed E-state index contributed by atoms with van der Waals surface area (Å²) in [6, 6.07) is 9.19. The molecule has 3 aromatic carbocycles. The predicted octanol–water partition coefficient (Wildman–Crippen LogP) is 3.83. The van der Waals surface area contributed by atoms with Gasteiger partial charge < -0.3 is 25.1 Å². The zero-order chi connectivity index (χ0) is 39.4. The summed E-state index contributed by atoms with van der Waals surface area (Å²) in [5.74, 6) is -3.34. The Morgan fingerprint density at radius 3 is 2.19 bits per heavy atom. The summed E-state index contributed by atoms with van der Waals surface area (Å²) in [7, 11) is -10.2. The number of nitrogens with zero attached hydrogens (tertiary/aromatic N) is 2. The van der Waals surface area contributed by atoms with E-state index in [9.17, 15) is 40.9 Å². The highest BCUT2D eigenvalue weighted by Gasteiger charge is 2.45. The van der Waals surface area contributed by atoms with Gasteiger partial charge in [0.25, 0.3) is 20.2 Å². The zero-order valence-corrected chi connectivity index (χ0v) is 31.7. The highest BCUT2D eigenvalue weighted by atomic mass is 32.2. The van der Waals surface area contributed by atoms with Crippen molar-refractivity contribution in [3.63, 3.8) is 0 Å². The lowest BCUT2D eigenvalue weighted by Crippen LogP contribution is -2.33. The molecule has 0 fully saturated rings. The average molecular weight is 804 g/mol. The van der Waals surface area contributed by atoms with Gasteiger partial charge in [0.15, 0.2) is 21.3 Å². The Kier molecular flexibility index (Phi) is 8.66. The number of carbonyl (C=O) groups is 1. The first-order chi connectivity index (χ1) is 25.1. The van der Waals surface area contributed by atoms with Crippen molar-refractivity contribution in [2.24, 2.45) is 4.99 Å². The Morgan fingerprint density at radius 1 is 0.926 bits per heavy atom. The van der Waals surface area contributed by atoms with Gasteiger partial charge in [0.1, 0.15) is 4.90 Å². The number of aromatic nitrogens is 1. The molecule has 54 heavy (non-hydrogen) atoms. The molecule has 286 valence electrons. The van der Waals surface area contributed by atoms with Gasteiger partial charge in [0.2, 0.25) is 11.8 Å². The van der Waals surface area contributed by atoms with Crippen LogP contribution in [0.3, 0.4) is 0 Å². The molecule has 0 saturated heterocycles. The first-order valence-electron chi connectivity index (χ1n) is 16.1. The molecule has 3 aliphatic rings. The van der Waals surface area contributed by atoms with Crippen molar-refractivity contribution >= 4 is 49.5 Å². The van der Waals surface area contributed by atoms with Gasteiger partial charge in [-0.05, 0) is 54.8 Å². The molecule has 3 aliphatic heterocycles. The number of aromatic hydroxyl groups is 2. The molecule has 1 aromatic heterocycles. The van der Waals surface area contributed by atoms with E-state index < -0.39 is 76.1 Å². The minimum atomic E-state index is -5.09. The highest BCUT2D eigenvalue weighted by Crippen LogP contribution is 2.53. The van der Waals surface area contributed by atoms with Crippen LogP contribution in [0.5, 0.6) is 23.3 Å². The molecule has 2 unspecified atom stereocenters. The molecule has 4 heterocycles. The number of carbonyl (C=O) groups excluding carboxylic acids is 1. The van der Waals surface area contributed by atoms with Crippen molar-refractivity contribution in [2.75, 3.05) is 5.32 Å². The Morgan fingerprint density at radius 2 is 1.57 bits per heavy atom. The maximum absolute atomic E-state index is 13.2. The molecule has 0 radical (unpaired) electrons. The van der Waals surface area contributed by atoms with Gasteiger partial charge in [-0.1, -0.05) is 44.9 Å². The maximum Gasteiger partial charge on any atom is 0.363 e. The molecule has 4 aromatic rings. The van der Waals surface area contributed by atoms with Crippen molar-refractivity contribution in [3.05, 3.63) is 80.9 Å². The maximum atomic E-state index is 13.2. The van der Waals surface area contributed by atoms with Crippen LogP contribution in [-0.2, 0) is 40.4 Å². The summed E-state index contributed by atoms with van der Waals surface area (Å²) >= 11 is 0.307. The van der Waals surface area contributed by atoms with Crippen LogP contribution in [-0.4, -0.2) is 64.2 Å². The van der Waals surface area contributed by atoms with Gasteiger partial charge in [-0.2, -0.15) is 16.8 Å². The molecule has 6 N–H and O–H groups in total. The summed E-state index contributed by atoms with van der Waals surface area (Å²) in [5, 5.41) is 35.7. The van der Waals surface area contributed by atoms with Gasteiger partial charge in [-0.15, -0.1) is 9.06 Å². The molecular weight excluding hydrogens is 771 g/mol. The Labute approximate surface area is 312 Å². The first kappa shape index (κ1) is 37.6. The van der Waals surface area contributed by atoms with Gasteiger partial charge in [0, 0.05) is 39.3 Å². The van der Waals surface area contributed by atoms with Crippen LogP contribution in [0.1, 0.15) is 74.2 Å². The van der Waals surface area contributed by atoms with E-state index in [-0.39, 0.29) is 43.9 Å². The monoisotopic (exact) mass is 803 g/mol. The third kappa shape index (κ3) is 5.71. The van der Waals surface area contributed by atoms with Crippen LogP contribution in [0, 0.1) is 0 Å². The normalized spacial score (nSPS) is 19.2. The second kappa shape index (κ2) is 12.4. The smallest absolute Gasteiger partial charge is 0.363 e. The van der Waals surface area contributed by atoms with Crippen LogP contribution in [0.2, 0.25) is 0 Å². The second-order valence-electron chi connectivity index (χ2n) is 14.2. The van der Waals surface area contributed by atoms with Gasteiger partial charge in [-0.3, -0.25) is 14.1 Å². The van der Waals surface area contributed by atoms with E-state index in [1.54, 1.807) is 19.1 Å². The van der Waals surface area contributed by atoms with Crippen molar-refractivity contribution in [2.45, 2.75) is 79.1 Å². The van der Waals surface area contributed by atoms with Crippen LogP contribution < -0.4 is 25.5 Å². The van der Waals surface area contributed by atoms with E-state index in [0.717, 1.165) is 6.07 Å². The fourth-order valence-electron chi connectivity index (χ4n) is 6.93. The van der Waals surface area contributed by atoms with Gasteiger partial charge >= 0.3 is 5.97 Å². The SMILES string of the molecule is CC1N=c2c(cc3c(c2S(=O)(=O)O)Oc2c(cc4c(c2S(=O)(=O)O)NC(C)C4(C)C)C=3c2ccc(C(=O)On3c(O)cc(SOOO)c3O)cc2)C1(C)C. The van der Waals surface area contributed by atoms with E-state index in [1.165, 1.54) is 24.3 Å². The van der Waals surface area contributed by atoms with Crippen LogP contribution in [0.4, 0.5) is 5.69 Å². The van der Waals surface area contributed by atoms with E-state index >= 15 is 0 Å². The number of anilines is 1. The number of hydrogen-bond acceptors (Lipinski definition) is 15. The van der Waals surface area contributed by atoms with E-state index in [2.05, 4.69) is 19.7 Å². The lowest BCUT2D eigenvalue weighted by atomic mass is 9.78. The van der Waals surface area contributed by atoms with Crippen molar-refractivity contribution in [1.29, 1.82) is 0 Å². The van der Waals surface area contributed by atoms with Crippen molar-refractivity contribution in [1.82, 2.24) is 4.73 Å². The Hall–Kier alpha value is -4.67. The quantitative estimate of drug-likeness (QED) is 0.0564. The molecule has 0 saturated carbocycles. The van der Waals surface area contributed by atoms with Gasteiger partial charge in [0.05, 0.1) is 34.7 Å². The third-order valence-electron chi connectivity index (χ3n) is 10.5. The van der Waals surface area contributed by atoms with Crippen LogP contribution in [0.25, 0.3) is 5.57 Å². The number of rotatable bonds is 8. The molecule has 2 atom stereocenters. The second-order valence-corrected chi connectivity index (χ2v) is 17.7. The summed E-state index contributed by atoms with van der Waals surface area (Å²) in [6.45, 7) is 11.1. The Bertz CT molecular complexity index is 2650. The van der Waals surface area contributed by atoms with E-state index in [0.29, 0.717) is 33.5 Å². The molecule has 7 rings (SSSR count).